The van der Waals surface area contributed by atoms with Gasteiger partial charge < -0.3 is 18.7 Å². The number of ether oxygens (including phenoxy) is 2. The van der Waals surface area contributed by atoms with Crippen LogP contribution in [0.3, 0.4) is 0 Å². The van der Waals surface area contributed by atoms with E-state index in [9.17, 15) is 9.59 Å². The van der Waals surface area contributed by atoms with Crippen LogP contribution >= 0.6 is 0 Å². The summed E-state index contributed by atoms with van der Waals surface area (Å²) in [6.07, 6.45) is 1.29. The first-order valence-electron chi connectivity index (χ1n) is 10.2. The number of nitrogens with zero attached hydrogens (tertiary/aromatic N) is 1. The molecule has 158 valence electrons. The molecule has 1 unspecified atom stereocenters. The maximum atomic E-state index is 12.9. The van der Waals surface area contributed by atoms with Crippen LogP contribution in [0.15, 0.2) is 0 Å². The molecule has 1 saturated heterocycles. The van der Waals surface area contributed by atoms with E-state index in [2.05, 4.69) is 20.8 Å². The van der Waals surface area contributed by atoms with Crippen LogP contribution in [0.2, 0.25) is 18.1 Å². The summed E-state index contributed by atoms with van der Waals surface area (Å²) in [6.45, 7) is 16.2. The SMILES string of the molecule is CC[Si](CC)(CC)O[C@H](CCC=O)C1COC(C)(C)N1C(=O)OC(C)(C)C. The molecule has 0 bridgehead atoms. The van der Waals surface area contributed by atoms with Gasteiger partial charge in [0, 0.05) is 6.42 Å². The normalized spacial score (nSPS) is 21.2. The van der Waals surface area contributed by atoms with Crippen LogP contribution in [-0.4, -0.2) is 55.7 Å². The van der Waals surface area contributed by atoms with Crippen molar-refractivity contribution in [1.82, 2.24) is 4.90 Å². The zero-order valence-electron chi connectivity index (χ0n) is 18.5. The molecule has 1 heterocycles. The fourth-order valence-corrected chi connectivity index (χ4v) is 6.57. The van der Waals surface area contributed by atoms with E-state index in [1.54, 1.807) is 4.90 Å². The van der Waals surface area contributed by atoms with Crippen LogP contribution in [0.1, 0.15) is 68.2 Å². The molecule has 7 heteroatoms. The molecule has 0 aliphatic carbocycles. The quantitative estimate of drug-likeness (QED) is 0.413. The largest absolute Gasteiger partial charge is 0.444 e. The van der Waals surface area contributed by atoms with Crippen LogP contribution in [0.4, 0.5) is 4.79 Å². The van der Waals surface area contributed by atoms with Crippen molar-refractivity contribution in [3.63, 3.8) is 0 Å². The number of rotatable bonds is 9. The molecule has 1 aliphatic rings. The zero-order chi connectivity index (χ0) is 20.9. The summed E-state index contributed by atoms with van der Waals surface area (Å²) in [7, 11) is -1.91. The van der Waals surface area contributed by atoms with Crippen molar-refractivity contribution < 1.29 is 23.5 Å². The molecule has 0 spiro atoms. The highest BCUT2D eigenvalue weighted by Crippen LogP contribution is 2.35. The van der Waals surface area contributed by atoms with E-state index in [-0.39, 0.29) is 12.1 Å². The minimum absolute atomic E-state index is 0.226. The lowest BCUT2D eigenvalue weighted by atomic mass is 10.1. The summed E-state index contributed by atoms with van der Waals surface area (Å²) in [5.41, 5.74) is -1.36. The van der Waals surface area contributed by atoms with E-state index >= 15 is 0 Å². The minimum Gasteiger partial charge on any atom is -0.444 e. The second-order valence-corrected chi connectivity index (χ2v) is 13.5. The van der Waals surface area contributed by atoms with Crippen molar-refractivity contribution in [1.29, 1.82) is 0 Å². The molecule has 1 amide bonds. The Labute approximate surface area is 166 Å². The van der Waals surface area contributed by atoms with Gasteiger partial charge in [-0.25, -0.2) is 4.79 Å². The van der Waals surface area contributed by atoms with Crippen LogP contribution < -0.4 is 0 Å². The molecule has 27 heavy (non-hydrogen) atoms. The molecule has 1 rings (SSSR count). The number of carbonyl (C=O) groups is 2. The van der Waals surface area contributed by atoms with Gasteiger partial charge in [-0.2, -0.15) is 0 Å². The predicted octanol–water partition coefficient (Wildman–Crippen LogP) is 4.73. The highest BCUT2D eigenvalue weighted by Gasteiger charge is 2.50. The molecule has 0 aromatic rings. The second-order valence-electron chi connectivity index (χ2n) is 8.82. The topological polar surface area (TPSA) is 65.1 Å². The molecule has 0 radical (unpaired) electrons. The number of hydrogen-bond donors (Lipinski definition) is 0. The molecule has 6 nitrogen and oxygen atoms in total. The van der Waals surface area contributed by atoms with Gasteiger partial charge in [-0.1, -0.05) is 20.8 Å². The molecule has 1 aliphatic heterocycles. The van der Waals surface area contributed by atoms with E-state index < -0.39 is 25.7 Å². The summed E-state index contributed by atoms with van der Waals surface area (Å²) in [4.78, 5) is 25.7. The first kappa shape index (κ1) is 24.1. The van der Waals surface area contributed by atoms with Crippen molar-refractivity contribution in [3.05, 3.63) is 0 Å². The predicted molar refractivity (Wildman–Crippen MR) is 109 cm³/mol. The van der Waals surface area contributed by atoms with Gasteiger partial charge in [0.05, 0.1) is 18.8 Å². The molecule has 0 saturated carbocycles. The van der Waals surface area contributed by atoms with Gasteiger partial charge in [-0.15, -0.1) is 0 Å². The van der Waals surface area contributed by atoms with Crippen molar-refractivity contribution in [2.75, 3.05) is 6.61 Å². The summed E-state index contributed by atoms with van der Waals surface area (Å²) in [6, 6.07) is 2.79. The van der Waals surface area contributed by atoms with Gasteiger partial charge in [0.25, 0.3) is 0 Å². The Hall–Kier alpha value is -0.923. The number of amides is 1. The van der Waals surface area contributed by atoms with Crippen LogP contribution in [0.5, 0.6) is 0 Å². The van der Waals surface area contributed by atoms with E-state index in [1.165, 1.54) is 0 Å². The Balaban J connectivity index is 3.17. The van der Waals surface area contributed by atoms with Gasteiger partial charge in [0.1, 0.15) is 17.6 Å². The second kappa shape index (κ2) is 9.52. The Morgan fingerprint density at radius 2 is 1.81 bits per heavy atom. The lowest BCUT2D eigenvalue weighted by Gasteiger charge is -2.41. The van der Waals surface area contributed by atoms with Crippen molar-refractivity contribution in [2.24, 2.45) is 0 Å². The standard InChI is InChI=1S/C20H39NO5Si/c1-9-27(10-2,11-3)26-17(13-12-14-22)16-15-24-20(7,8)21(16)18(23)25-19(4,5)6/h14,16-17H,9-13,15H2,1-8H3/t16?,17-/m1/s1. The molecule has 1 fully saturated rings. The van der Waals surface area contributed by atoms with Gasteiger partial charge in [-0.05, 0) is 59.2 Å². The minimum atomic E-state index is -1.91. The van der Waals surface area contributed by atoms with E-state index in [1.807, 2.05) is 34.6 Å². The van der Waals surface area contributed by atoms with E-state index in [0.717, 1.165) is 24.4 Å². The maximum Gasteiger partial charge on any atom is 0.412 e. The first-order valence-corrected chi connectivity index (χ1v) is 12.8. The van der Waals surface area contributed by atoms with Crippen molar-refractivity contribution in [2.45, 2.75) is 110 Å². The third-order valence-electron chi connectivity index (χ3n) is 5.44. The first-order chi connectivity index (χ1) is 12.4. The molecule has 0 aromatic carbocycles. The van der Waals surface area contributed by atoms with Crippen LogP contribution in [0.25, 0.3) is 0 Å². The summed E-state index contributed by atoms with van der Waals surface area (Å²) < 4.78 is 18.3. The Morgan fingerprint density at radius 1 is 1.26 bits per heavy atom. The highest BCUT2D eigenvalue weighted by molar-refractivity contribution is 6.73. The molecule has 0 aromatic heterocycles. The van der Waals surface area contributed by atoms with Gasteiger partial charge in [0.15, 0.2) is 8.32 Å². The summed E-state index contributed by atoms with van der Waals surface area (Å²) in [5, 5.41) is 0. The fourth-order valence-electron chi connectivity index (χ4n) is 3.66. The molecular weight excluding hydrogens is 362 g/mol. The van der Waals surface area contributed by atoms with Crippen molar-refractivity contribution in [3.8, 4) is 0 Å². The molecular formula is C20H39NO5Si. The fraction of sp³-hybridized carbons (Fsp3) is 0.900. The number of aldehydes is 1. The van der Waals surface area contributed by atoms with E-state index in [0.29, 0.717) is 19.4 Å². The Bertz CT molecular complexity index is 491. The average molecular weight is 402 g/mol. The zero-order valence-corrected chi connectivity index (χ0v) is 19.5. The lowest BCUT2D eigenvalue weighted by molar-refractivity contribution is -0.108. The third-order valence-corrected chi connectivity index (χ3v) is 10.1. The van der Waals surface area contributed by atoms with Crippen LogP contribution in [-0.2, 0) is 18.7 Å². The smallest absolute Gasteiger partial charge is 0.412 e. The molecule has 2 atom stereocenters. The van der Waals surface area contributed by atoms with Gasteiger partial charge in [0.2, 0.25) is 0 Å². The number of hydrogen-bond acceptors (Lipinski definition) is 5. The van der Waals surface area contributed by atoms with Gasteiger partial charge in [-0.3, -0.25) is 4.90 Å². The maximum absolute atomic E-state index is 12.9. The van der Waals surface area contributed by atoms with Gasteiger partial charge >= 0.3 is 6.09 Å². The Kier molecular flexibility index (Phi) is 8.50. The lowest BCUT2D eigenvalue weighted by Crippen LogP contribution is -2.56. The highest BCUT2D eigenvalue weighted by atomic mass is 28.4. The Morgan fingerprint density at radius 3 is 2.26 bits per heavy atom. The number of carbonyl (C=O) groups excluding carboxylic acids is 2. The van der Waals surface area contributed by atoms with Crippen LogP contribution in [0, 0.1) is 0 Å². The third kappa shape index (κ3) is 6.29. The van der Waals surface area contributed by atoms with Crippen molar-refractivity contribution >= 4 is 20.7 Å². The van der Waals surface area contributed by atoms with E-state index in [4.69, 9.17) is 13.9 Å². The summed E-state index contributed by atoms with van der Waals surface area (Å²) in [5.74, 6) is 0. The average Bonchev–Trinajstić information content (AvgIpc) is 2.89. The monoisotopic (exact) mass is 401 g/mol. The summed E-state index contributed by atoms with van der Waals surface area (Å²) >= 11 is 0. The molecule has 0 N–H and O–H groups in total.